The first-order valence-corrected chi connectivity index (χ1v) is 6.27. The molecule has 15 heavy (non-hydrogen) atoms. The number of hydrogen-bond donors (Lipinski definition) is 0. The van der Waals surface area contributed by atoms with Crippen LogP contribution in [0.2, 0.25) is 0 Å². The number of ether oxygens (including phenoxy) is 1. The predicted molar refractivity (Wildman–Crippen MR) is 64.6 cm³/mol. The number of methoxy groups -OCH3 is 1. The molecule has 0 saturated heterocycles. The summed E-state index contributed by atoms with van der Waals surface area (Å²) in [6.45, 7) is 5.95. The fraction of sp³-hybridized carbons (Fsp3) is 0.500. The Morgan fingerprint density at radius 3 is 2.40 bits per heavy atom. The van der Waals surface area contributed by atoms with Crippen LogP contribution in [-0.4, -0.2) is 16.1 Å². The monoisotopic (exact) mass is 226 g/mol. The molecule has 0 spiro atoms. The number of rotatable bonds is 3. The standard InChI is InChI=1S/C12H18O2S/c1-12(2,3)15(13)9-10-7-5-6-8-11(10)14-4/h5-8H,9H2,1-4H3. The van der Waals surface area contributed by atoms with E-state index >= 15 is 0 Å². The van der Waals surface area contributed by atoms with E-state index in [-0.39, 0.29) is 4.75 Å². The van der Waals surface area contributed by atoms with Gasteiger partial charge in [0.25, 0.3) is 0 Å². The Labute approximate surface area is 94.1 Å². The Kier molecular flexibility index (Phi) is 3.91. The summed E-state index contributed by atoms with van der Waals surface area (Å²) in [4.78, 5) is 0. The third-order valence-corrected chi connectivity index (χ3v) is 4.10. The van der Waals surface area contributed by atoms with Crippen molar-refractivity contribution in [3.05, 3.63) is 29.8 Å². The van der Waals surface area contributed by atoms with E-state index in [0.717, 1.165) is 11.3 Å². The molecule has 0 bridgehead atoms. The van der Waals surface area contributed by atoms with Crippen LogP contribution in [0.1, 0.15) is 26.3 Å². The second-order valence-electron chi connectivity index (χ2n) is 4.41. The van der Waals surface area contributed by atoms with Gasteiger partial charge in [-0.25, -0.2) is 0 Å². The van der Waals surface area contributed by atoms with Crippen molar-refractivity contribution < 1.29 is 8.95 Å². The fourth-order valence-corrected chi connectivity index (χ4v) is 2.13. The highest BCUT2D eigenvalue weighted by molar-refractivity contribution is 7.85. The summed E-state index contributed by atoms with van der Waals surface area (Å²) in [5.74, 6) is 1.36. The van der Waals surface area contributed by atoms with Gasteiger partial charge in [-0.05, 0) is 26.8 Å². The molecule has 1 aromatic rings. The molecule has 0 aliphatic heterocycles. The van der Waals surface area contributed by atoms with E-state index in [2.05, 4.69) is 0 Å². The van der Waals surface area contributed by atoms with Gasteiger partial charge >= 0.3 is 0 Å². The Morgan fingerprint density at radius 1 is 1.27 bits per heavy atom. The summed E-state index contributed by atoms with van der Waals surface area (Å²) in [5.41, 5.74) is 1.01. The van der Waals surface area contributed by atoms with Gasteiger partial charge < -0.3 is 4.74 Å². The lowest BCUT2D eigenvalue weighted by Crippen LogP contribution is -2.23. The summed E-state index contributed by atoms with van der Waals surface area (Å²) < 4.78 is 17.0. The topological polar surface area (TPSA) is 26.3 Å². The van der Waals surface area contributed by atoms with Crippen molar-refractivity contribution in [1.29, 1.82) is 0 Å². The first-order valence-electron chi connectivity index (χ1n) is 4.95. The average Bonchev–Trinajstić information content (AvgIpc) is 2.17. The zero-order valence-corrected chi connectivity index (χ0v) is 10.6. The van der Waals surface area contributed by atoms with E-state index < -0.39 is 10.8 Å². The van der Waals surface area contributed by atoms with E-state index in [1.54, 1.807) is 7.11 Å². The van der Waals surface area contributed by atoms with Crippen LogP contribution in [-0.2, 0) is 16.6 Å². The van der Waals surface area contributed by atoms with E-state index in [1.165, 1.54) is 0 Å². The van der Waals surface area contributed by atoms with Gasteiger partial charge in [-0.1, -0.05) is 18.2 Å². The van der Waals surface area contributed by atoms with Gasteiger partial charge in [-0.3, -0.25) is 4.21 Å². The quantitative estimate of drug-likeness (QED) is 0.792. The molecule has 0 radical (unpaired) electrons. The van der Waals surface area contributed by atoms with Crippen LogP contribution in [0.25, 0.3) is 0 Å². The predicted octanol–water partition coefficient (Wildman–Crippen LogP) is 2.74. The molecule has 0 aliphatic carbocycles. The normalized spacial score (nSPS) is 13.6. The number of benzene rings is 1. The molecule has 0 aliphatic rings. The van der Waals surface area contributed by atoms with Crippen molar-refractivity contribution in [2.75, 3.05) is 7.11 Å². The smallest absolute Gasteiger partial charge is 0.122 e. The maximum absolute atomic E-state index is 12.0. The Balaban J connectivity index is 2.85. The van der Waals surface area contributed by atoms with Crippen LogP contribution in [0.3, 0.4) is 0 Å². The maximum Gasteiger partial charge on any atom is 0.122 e. The van der Waals surface area contributed by atoms with Crippen molar-refractivity contribution in [3.8, 4) is 5.75 Å². The van der Waals surface area contributed by atoms with Gasteiger partial charge in [0, 0.05) is 21.1 Å². The summed E-state index contributed by atoms with van der Waals surface area (Å²) in [7, 11) is 0.758. The Morgan fingerprint density at radius 2 is 1.87 bits per heavy atom. The molecule has 1 unspecified atom stereocenters. The molecule has 84 valence electrons. The zero-order chi connectivity index (χ0) is 11.5. The molecule has 0 fully saturated rings. The first kappa shape index (κ1) is 12.2. The molecule has 1 rings (SSSR count). The Hall–Kier alpha value is -0.830. The average molecular weight is 226 g/mol. The SMILES string of the molecule is COc1ccccc1CS(=O)C(C)(C)C. The van der Waals surface area contributed by atoms with Crippen molar-refractivity contribution in [2.24, 2.45) is 0 Å². The second-order valence-corrected chi connectivity index (χ2v) is 6.62. The largest absolute Gasteiger partial charge is 0.496 e. The summed E-state index contributed by atoms with van der Waals surface area (Å²) >= 11 is 0. The van der Waals surface area contributed by atoms with E-state index in [1.807, 2.05) is 45.0 Å². The van der Waals surface area contributed by atoms with E-state index in [0.29, 0.717) is 5.75 Å². The third-order valence-electron chi connectivity index (χ3n) is 2.16. The van der Waals surface area contributed by atoms with Crippen molar-refractivity contribution in [1.82, 2.24) is 0 Å². The molecule has 0 heterocycles. The van der Waals surface area contributed by atoms with Gasteiger partial charge in [0.05, 0.1) is 12.9 Å². The molecular weight excluding hydrogens is 208 g/mol. The maximum atomic E-state index is 12.0. The molecule has 3 heteroatoms. The first-order chi connectivity index (χ1) is 6.95. The molecular formula is C12H18O2S. The van der Waals surface area contributed by atoms with Crippen LogP contribution in [0.15, 0.2) is 24.3 Å². The highest BCUT2D eigenvalue weighted by Gasteiger charge is 2.20. The lowest BCUT2D eigenvalue weighted by atomic mass is 10.2. The highest BCUT2D eigenvalue weighted by Crippen LogP contribution is 2.23. The molecule has 0 aromatic heterocycles. The van der Waals surface area contributed by atoms with Crippen molar-refractivity contribution in [2.45, 2.75) is 31.3 Å². The highest BCUT2D eigenvalue weighted by atomic mass is 32.2. The minimum absolute atomic E-state index is 0.180. The Bertz CT molecular complexity index is 353. The lowest BCUT2D eigenvalue weighted by molar-refractivity contribution is 0.411. The molecule has 0 saturated carbocycles. The van der Waals surface area contributed by atoms with Gasteiger partial charge in [0.15, 0.2) is 0 Å². The van der Waals surface area contributed by atoms with Gasteiger partial charge in [0.1, 0.15) is 5.75 Å². The van der Waals surface area contributed by atoms with Crippen LogP contribution in [0, 0.1) is 0 Å². The van der Waals surface area contributed by atoms with Crippen LogP contribution in [0.5, 0.6) is 5.75 Å². The van der Waals surface area contributed by atoms with E-state index in [4.69, 9.17) is 4.74 Å². The third kappa shape index (κ3) is 3.34. The molecule has 0 N–H and O–H groups in total. The fourth-order valence-electron chi connectivity index (χ4n) is 1.18. The summed E-state index contributed by atoms with van der Waals surface area (Å²) in [6, 6.07) is 7.72. The molecule has 2 nitrogen and oxygen atoms in total. The van der Waals surface area contributed by atoms with Crippen LogP contribution < -0.4 is 4.74 Å². The number of hydrogen-bond acceptors (Lipinski definition) is 2. The molecule has 0 amide bonds. The molecule has 1 aromatic carbocycles. The van der Waals surface area contributed by atoms with Gasteiger partial charge in [-0.2, -0.15) is 0 Å². The minimum atomic E-state index is -0.880. The van der Waals surface area contributed by atoms with Crippen molar-refractivity contribution >= 4 is 10.8 Å². The number of para-hydroxylation sites is 1. The van der Waals surface area contributed by atoms with E-state index in [9.17, 15) is 4.21 Å². The van der Waals surface area contributed by atoms with Crippen LogP contribution >= 0.6 is 0 Å². The summed E-state index contributed by atoms with van der Waals surface area (Å²) in [5, 5.41) is 0. The molecule has 1 atom stereocenters. The van der Waals surface area contributed by atoms with Gasteiger partial charge in [-0.15, -0.1) is 0 Å². The van der Waals surface area contributed by atoms with Crippen LogP contribution in [0.4, 0.5) is 0 Å². The second kappa shape index (κ2) is 4.79. The summed E-state index contributed by atoms with van der Waals surface area (Å²) in [6.07, 6.45) is 0. The zero-order valence-electron chi connectivity index (χ0n) is 9.74. The lowest BCUT2D eigenvalue weighted by Gasteiger charge is -2.18. The van der Waals surface area contributed by atoms with Crippen molar-refractivity contribution in [3.63, 3.8) is 0 Å². The van der Waals surface area contributed by atoms with Gasteiger partial charge in [0.2, 0.25) is 0 Å². The minimum Gasteiger partial charge on any atom is -0.496 e.